The predicted octanol–water partition coefficient (Wildman–Crippen LogP) is 3.33. The minimum atomic E-state index is 0.0325. The van der Waals surface area contributed by atoms with Crippen LogP contribution in [0.5, 0.6) is 11.5 Å². The van der Waals surface area contributed by atoms with E-state index < -0.39 is 0 Å². The van der Waals surface area contributed by atoms with Gasteiger partial charge in [-0.15, -0.1) is 0 Å². The van der Waals surface area contributed by atoms with Gasteiger partial charge in [0, 0.05) is 44.1 Å². The Morgan fingerprint density at radius 1 is 1.19 bits per heavy atom. The second-order valence-corrected chi connectivity index (χ2v) is 9.41. The Kier molecular flexibility index (Phi) is 8.26. The highest BCUT2D eigenvalue weighted by molar-refractivity contribution is 5.81. The van der Waals surface area contributed by atoms with Crippen LogP contribution >= 0.6 is 0 Å². The van der Waals surface area contributed by atoms with Gasteiger partial charge in [0.1, 0.15) is 0 Å². The van der Waals surface area contributed by atoms with E-state index in [1.807, 2.05) is 31.9 Å². The molecule has 0 radical (unpaired) electrons. The average molecular weight is 445 g/mol. The van der Waals surface area contributed by atoms with Gasteiger partial charge in [-0.3, -0.25) is 9.79 Å². The van der Waals surface area contributed by atoms with Crippen LogP contribution in [0, 0.1) is 5.92 Å². The van der Waals surface area contributed by atoms with Crippen LogP contribution in [0.15, 0.2) is 23.2 Å². The van der Waals surface area contributed by atoms with Gasteiger partial charge in [-0.05, 0) is 37.0 Å². The first-order valence-corrected chi connectivity index (χ1v) is 11.9. The molecule has 0 spiro atoms. The third-order valence-electron chi connectivity index (χ3n) is 6.96. The summed E-state index contributed by atoms with van der Waals surface area (Å²) in [7, 11) is 5.17. The number of benzene rings is 1. The van der Waals surface area contributed by atoms with Crippen LogP contribution in [0.2, 0.25) is 0 Å². The van der Waals surface area contributed by atoms with Gasteiger partial charge in [0.2, 0.25) is 5.91 Å². The van der Waals surface area contributed by atoms with Crippen LogP contribution in [0.25, 0.3) is 0 Å². The Morgan fingerprint density at radius 3 is 2.53 bits per heavy atom. The van der Waals surface area contributed by atoms with Crippen molar-refractivity contribution in [1.82, 2.24) is 15.5 Å². The summed E-state index contributed by atoms with van der Waals surface area (Å²) in [4.78, 5) is 18.7. The summed E-state index contributed by atoms with van der Waals surface area (Å²) in [6.45, 7) is 6.27. The first-order valence-electron chi connectivity index (χ1n) is 11.9. The normalized spacial score (nSPS) is 20.9. The summed E-state index contributed by atoms with van der Waals surface area (Å²) >= 11 is 0. The van der Waals surface area contributed by atoms with Crippen molar-refractivity contribution in [2.24, 2.45) is 10.9 Å². The average Bonchev–Trinajstić information content (AvgIpc) is 3.29. The highest BCUT2D eigenvalue weighted by atomic mass is 16.5. The zero-order chi connectivity index (χ0) is 23.1. The number of hydrogen-bond acceptors (Lipinski definition) is 4. The molecule has 32 heavy (non-hydrogen) atoms. The number of rotatable bonds is 7. The lowest BCUT2D eigenvalue weighted by Crippen LogP contribution is -2.50. The monoisotopic (exact) mass is 444 g/mol. The highest BCUT2D eigenvalue weighted by Gasteiger charge is 2.35. The lowest BCUT2D eigenvalue weighted by molar-refractivity contribution is -0.133. The molecule has 1 atom stereocenters. The third-order valence-corrected chi connectivity index (χ3v) is 6.96. The minimum absolute atomic E-state index is 0.0325. The second kappa shape index (κ2) is 10.9. The summed E-state index contributed by atoms with van der Waals surface area (Å²) in [6.07, 6.45) is 6.93. The number of nitrogens with one attached hydrogen (secondary N) is 2. The number of guanidine groups is 1. The molecule has 1 amide bonds. The number of nitrogens with zero attached hydrogens (tertiary/aromatic N) is 2. The molecule has 7 nitrogen and oxygen atoms in total. The third kappa shape index (κ3) is 5.48. The number of hydrogen-bond donors (Lipinski definition) is 2. The highest BCUT2D eigenvalue weighted by Crippen LogP contribution is 2.42. The number of aliphatic imine (C=N–C) groups is 1. The molecule has 2 aliphatic rings. The van der Waals surface area contributed by atoms with E-state index in [1.54, 1.807) is 14.2 Å². The molecular weight excluding hydrogens is 404 g/mol. The molecule has 1 aliphatic carbocycles. The van der Waals surface area contributed by atoms with E-state index in [9.17, 15) is 4.79 Å². The largest absolute Gasteiger partial charge is 0.493 e. The Balaban J connectivity index is 1.68. The smallest absolute Gasteiger partial charge is 0.225 e. The van der Waals surface area contributed by atoms with Gasteiger partial charge in [-0.1, -0.05) is 39.2 Å². The van der Waals surface area contributed by atoms with E-state index in [2.05, 4.69) is 27.8 Å². The van der Waals surface area contributed by atoms with Crippen molar-refractivity contribution >= 4 is 11.9 Å². The van der Waals surface area contributed by atoms with E-state index in [4.69, 9.17) is 9.47 Å². The van der Waals surface area contributed by atoms with Gasteiger partial charge in [0.05, 0.1) is 14.2 Å². The fourth-order valence-corrected chi connectivity index (χ4v) is 5.05. The van der Waals surface area contributed by atoms with Crippen LogP contribution in [0.1, 0.15) is 57.9 Å². The van der Waals surface area contributed by atoms with Crippen LogP contribution in [0.3, 0.4) is 0 Å². The Hall–Kier alpha value is -2.44. The van der Waals surface area contributed by atoms with Crippen molar-refractivity contribution < 1.29 is 14.3 Å². The van der Waals surface area contributed by atoms with Gasteiger partial charge in [-0.2, -0.15) is 0 Å². The zero-order valence-electron chi connectivity index (χ0n) is 20.4. The van der Waals surface area contributed by atoms with Crippen LogP contribution in [0.4, 0.5) is 0 Å². The Bertz CT molecular complexity index is 802. The number of methoxy groups -OCH3 is 2. The molecule has 1 saturated carbocycles. The van der Waals surface area contributed by atoms with Gasteiger partial charge >= 0.3 is 0 Å². The van der Waals surface area contributed by atoms with Gasteiger partial charge in [0.15, 0.2) is 17.5 Å². The van der Waals surface area contributed by atoms with Crippen molar-refractivity contribution in [1.29, 1.82) is 0 Å². The fraction of sp³-hybridized carbons (Fsp3) is 0.680. The topological polar surface area (TPSA) is 75.2 Å². The quantitative estimate of drug-likeness (QED) is 0.498. The van der Waals surface area contributed by atoms with Crippen molar-refractivity contribution in [2.45, 2.75) is 63.8 Å². The summed E-state index contributed by atoms with van der Waals surface area (Å²) in [5, 5.41) is 7.14. The van der Waals surface area contributed by atoms with Gasteiger partial charge < -0.3 is 25.0 Å². The van der Waals surface area contributed by atoms with E-state index in [-0.39, 0.29) is 23.3 Å². The minimum Gasteiger partial charge on any atom is -0.493 e. The first-order chi connectivity index (χ1) is 15.4. The van der Waals surface area contributed by atoms with Gasteiger partial charge in [0.25, 0.3) is 0 Å². The first kappa shape index (κ1) is 24.2. The molecule has 3 rings (SSSR count). The Morgan fingerprint density at radius 2 is 1.91 bits per heavy atom. The lowest BCUT2D eigenvalue weighted by atomic mass is 9.69. The van der Waals surface area contributed by atoms with Crippen molar-refractivity contribution in [3.05, 3.63) is 23.8 Å². The summed E-state index contributed by atoms with van der Waals surface area (Å²) in [5.41, 5.74) is 1.32. The molecule has 1 unspecified atom stereocenters. The van der Waals surface area contributed by atoms with Crippen molar-refractivity contribution in [2.75, 3.05) is 40.9 Å². The maximum Gasteiger partial charge on any atom is 0.225 e. The molecule has 1 aromatic carbocycles. The molecule has 178 valence electrons. The predicted molar refractivity (Wildman–Crippen MR) is 129 cm³/mol. The number of carbonyl (C=O) groups is 1. The molecule has 1 aromatic rings. The maximum atomic E-state index is 12.3. The van der Waals surface area contributed by atoms with E-state index in [0.717, 1.165) is 56.4 Å². The molecule has 7 heteroatoms. The number of likely N-dealkylation sites (tertiary alicyclic amines) is 1. The molecular formula is C25H40N4O3. The fourth-order valence-electron chi connectivity index (χ4n) is 5.05. The summed E-state index contributed by atoms with van der Waals surface area (Å²) in [5.74, 6) is 2.61. The maximum absolute atomic E-state index is 12.3. The molecule has 2 N–H and O–H groups in total. The number of amides is 1. The molecule has 1 heterocycles. The van der Waals surface area contributed by atoms with Crippen LogP contribution in [-0.4, -0.2) is 63.7 Å². The van der Waals surface area contributed by atoms with Crippen LogP contribution < -0.4 is 20.1 Å². The molecule has 0 aromatic heterocycles. The van der Waals surface area contributed by atoms with Crippen molar-refractivity contribution in [3.63, 3.8) is 0 Å². The lowest BCUT2D eigenvalue weighted by Gasteiger charge is -2.39. The molecule has 0 bridgehead atoms. The van der Waals surface area contributed by atoms with E-state index in [0.29, 0.717) is 0 Å². The van der Waals surface area contributed by atoms with Gasteiger partial charge in [-0.25, -0.2) is 0 Å². The standard InChI is InChI=1S/C25H40N4O3/c1-18(2)23(30)29-14-11-20(16-29)28-24(26-3)27-17-25(12-7-6-8-13-25)19-9-10-21(31-4)22(15-19)32-5/h9-10,15,18,20H,6-8,11-14,16-17H2,1-5H3,(H2,26,27,28). The summed E-state index contributed by atoms with van der Waals surface area (Å²) < 4.78 is 11.0. The zero-order valence-corrected chi connectivity index (χ0v) is 20.4. The second-order valence-electron chi connectivity index (χ2n) is 9.41. The number of ether oxygens (including phenoxy) is 2. The Labute approximate surface area is 192 Å². The molecule has 1 aliphatic heterocycles. The van der Waals surface area contributed by atoms with Crippen LogP contribution in [-0.2, 0) is 10.2 Å². The number of carbonyl (C=O) groups excluding carboxylic acids is 1. The SMILES string of the molecule is CN=C(NCC1(c2ccc(OC)c(OC)c2)CCCCC1)NC1CCN(C(=O)C(C)C)C1. The molecule has 1 saturated heterocycles. The summed E-state index contributed by atoms with van der Waals surface area (Å²) in [6, 6.07) is 6.55. The van der Waals surface area contributed by atoms with E-state index in [1.165, 1.54) is 24.8 Å². The molecule has 2 fully saturated rings. The van der Waals surface area contributed by atoms with Crippen molar-refractivity contribution in [3.8, 4) is 11.5 Å². The van der Waals surface area contributed by atoms with E-state index >= 15 is 0 Å².